The van der Waals surface area contributed by atoms with Gasteiger partial charge in [-0.15, -0.1) is 0 Å². The van der Waals surface area contributed by atoms with E-state index in [0.29, 0.717) is 0 Å². The molecule has 30 heavy (non-hydrogen) atoms. The van der Waals surface area contributed by atoms with Gasteiger partial charge in [0.15, 0.2) is 0 Å². The lowest BCUT2D eigenvalue weighted by Crippen LogP contribution is -2.11. The Balaban J connectivity index is 1.75. The Bertz CT molecular complexity index is 1320. The number of aromatic amines is 1. The van der Waals surface area contributed by atoms with Crippen molar-refractivity contribution in [2.45, 2.75) is 25.7 Å². The van der Waals surface area contributed by atoms with E-state index < -0.39 is 10.0 Å². The Labute approximate surface area is 175 Å². The smallest absolute Gasteiger partial charge is 0.238 e. The van der Waals surface area contributed by atoms with Crippen LogP contribution >= 0.6 is 0 Å². The van der Waals surface area contributed by atoms with E-state index in [1.807, 2.05) is 63.2 Å². The highest BCUT2D eigenvalue weighted by molar-refractivity contribution is 7.89. The number of nitrogens with one attached hydrogen (secondary N) is 1. The number of pyridine rings is 1. The second kappa shape index (κ2) is 7.51. The third-order valence-electron chi connectivity index (χ3n) is 4.97. The van der Waals surface area contributed by atoms with Crippen molar-refractivity contribution < 1.29 is 8.42 Å². The molecule has 2 aromatic carbocycles. The van der Waals surface area contributed by atoms with Crippen molar-refractivity contribution in [3.05, 3.63) is 77.7 Å². The molecule has 0 bridgehead atoms. The lowest BCUT2D eigenvalue weighted by molar-refractivity contribution is 0.598. The normalized spacial score (nSPS) is 11.6. The van der Waals surface area contributed by atoms with Gasteiger partial charge in [0.05, 0.1) is 4.90 Å². The number of aromatic nitrogens is 3. The summed E-state index contributed by atoms with van der Waals surface area (Å²) in [6.45, 7) is 5.94. The topological polar surface area (TPSA) is 102 Å². The quantitative estimate of drug-likeness (QED) is 0.513. The number of nitrogens with zero attached hydrogens (tertiary/aromatic N) is 2. The molecule has 6 nitrogen and oxygen atoms in total. The van der Waals surface area contributed by atoms with Crippen molar-refractivity contribution in [2.75, 3.05) is 0 Å². The van der Waals surface area contributed by atoms with Crippen LogP contribution in [0.3, 0.4) is 0 Å². The summed E-state index contributed by atoms with van der Waals surface area (Å²) in [6, 6.07) is 18.7. The second-order valence-corrected chi connectivity index (χ2v) is 8.92. The fourth-order valence-electron chi connectivity index (χ4n) is 3.64. The fourth-order valence-corrected chi connectivity index (χ4v) is 4.20. The van der Waals surface area contributed by atoms with Gasteiger partial charge in [0, 0.05) is 28.2 Å². The monoisotopic (exact) mass is 418 g/mol. The van der Waals surface area contributed by atoms with Crippen LogP contribution in [0, 0.1) is 20.8 Å². The van der Waals surface area contributed by atoms with E-state index in [9.17, 15) is 8.42 Å². The molecular formula is C23H22N4O2S. The number of H-pyrrole nitrogens is 1. The van der Waals surface area contributed by atoms with Crippen LogP contribution in [0.2, 0.25) is 0 Å². The highest BCUT2D eigenvalue weighted by Crippen LogP contribution is 2.34. The van der Waals surface area contributed by atoms with E-state index in [-0.39, 0.29) is 4.90 Å². The molecule has 4 aromatic rings. The lowest BCUT2D eigenvalue weighted by atomic mass is 9.96. The number of rotatable bonds is 4. The van der Waals surface area contributed by atoms with Crippen molar-refractivity contribution in [3.63, 3.8) is 0 Å². The minimum absolute atomic E-state index is 0.0977. The van der Waals surface area contributed by atoms with Crippen LogP contribution in [-0.4, -0.2) is 23.6 Å². The van der Waals surface area contributed by atoms with Crippen molar-refractivity contribution in [3.8, 4) is 33.5 Å². The molecular weight excluding hydrogens is 396 g/mol. The van der Waals surface area contributed by atoms with Gasteiger partial charge in [0.1, 0.15) is 5.69 Å². The minimum atomic E-state index is -3.74. The summed E-state index contributed by atoms with van der Waals surface area (Å²) >= 11 is 0. The van der Waals surface area contributed by atoms with E-state index in [1.165, 1.54) is 6.07 Å². The maximum atomic E-state index is 11.6. The molecule has 0 aliphatic heterocycles. The molecule has 3 N–H and O–H groups in total. The summed E-state index contributed by atoms with van der Waals surface area (Å²) in [5, 5.41) is 12.9. The van der Waals surface area contributed by atoms with E-state index in [4.69, 9.17) is 5.14 Å². The molecule has 0 unspecified atom stereocenters. The zero-order chi connectivity index (χ0) is 21.5. The summed E-state index contributed by atoms with van der Waals surface area (Å²) in [5.74, 6) is 0. The van der Waals surface area contributed by atoms with Gasteiger partial charge in [-0.2, -0.15) is 5.10 Å². The molecule has 0 saturated heterocycles. The molecule has 152 valence electrons. The van der Waals surface area contributed by atoms with Gasteiger partial charge >= 0.3 is 0 Å². The molecule has 0 amide bonds. The van der Waals surface area contributed by atoms with Crippen LogP contribution < -0.4 is 5.14 Å². The second-order valence-electron chi connectivity index (χ2n) is 7.36. The molecule has 0 aliphatic carbocycles. The molecule has 0 saturated carbocycles. The Morgan fingerprint density at radius 1 is 0.800 bits per heavy atom. The number of nitrogens with two attached hydrogens (primary N) is 1. The van der Waals surface area contributed by atoms with Gasteiger partial charge in [0.25, 0.3) is 0 Å². The SMILES string of the molecule is Cc1cc(-c2n[nH]c(C)c2-c2ccc(-c3cccc(S(N)(=O)=O)c3)cc2)cc(C)n1. The van der Waals surface area contributed by atoms with Crippen LogP contribution in [0.4, 0.5) is 0 Å². The third kappa shape index (κ3) is 3.90. The predicted octanol–water partition coefficient (Wildman–Crippen LogP) is 4.38. The predicted molar refractivity (Wildman–Crippen MR) is 118 cm³/mol. The first-order valence-electron chi connectivity index (χ1n) is 9.47. The summed E-state index contributed by atoms with van der Waals surface area (Å²) in [6.07, 6.45) is 0. The molecule has 0 aliphatic rings. The average Bonchev–Trinajstić information content (AvgIpc) is 3.08. The van der Waals surface area contributed by atoms with E-state index >= 15 is 0 Å². The van der Waals surface area contributed by atoms with E-state index in [0.717, 1.165) is 50.6 Å². The van der Waals surface area contributed by atoms with Crippen LogP contribution in [-0.2, 0) is 10.0 Å². The Hall–Kier alpha value is -3.29. The molecule has 2 heterocycles. The summed E-state index contributed by atoms with van der Waals surface area (Å²) in [5.41, 5.74) is 8.51. The summed E-state index contributed by atoms with van der Waals surface area (Å²) in [4.78, 5) is 4.55. The number of hydrogen-bond acceptors (Lipinski definition) is 4. The molecule has 2 aromatic heterocycles. The number of aryl methyl sites for hydroxylation is 3. The third-order valence-corrected chi connectivity index (χ3v) is 5.88. The Morgan fingerprint density at radius 3 is 2.07 bits per heavy atom. The first-order valence-corrected chi connectivity index (χ1v) is 11.0. The largest absolute Gasteiger partial charge is 0.282 e. The van der Waals surface area contributed by atoms with Crippen LogP contribution in [0.15, 0.2) is 65.6 Å². The molecule has 7 heteroatoms. The summed E-state index contributed by atoms with van der Waals surface area (Å²) < 4.78 is 23.3. The molecule has 0 atom stereocenters. The van der Waals surface area contributed by atoms with Crippen LogP contribution in [0.1, 0.15) is 17.1 Å². The van der Waals surface area contributed by atoms with Gasteiger partial charge in [-0.3, -0.25) is 10.1 Å². The van der Waals surface area contributed by atoms with E-state index in [1.54, 1.807) is 12.1 Å². The van der Waals surface area contributed by atoms with Gasteiger partial charge in [-0.05, 0) is 61.7 Å². The van der Waals surface area contributed by atoms with Crippen LogP contribution in [0.5, 0.6) is 0 Å². The standard InChI is InChI=1S/C23H22N4O2S/c1-14-11-20(12-15(2)25-14)23-22(16(3)26-27-23)18-9-7-17(8-10-18)19-5-4-6-21(13-19)30(24,28)29/h4-13H,1-3H3,(H,26,27)(H2,24,28,29). The zero-order valence-corrected chi connectivity index (χ0v) is 17.8. The highest BCUT2D eigenvalue weighted by atomic mass is 32.2. The summed E-state index contributed by atoms with van der Waals surface area (Å²) in [7, 11) is -3.74. The zero-order valence-electron chi connectivity index (χ0n) is 17.0. The molecule has 0 radical (unpaired) electrons. The number of benzene rings is 2. The van der Waals surface area contributed by atoms with Crippen molar-refractivity contribution in [2.24, 2.45) is 5.14 Å². The molecule has 4 rings (SSSR count). The number of sulfonamides is 1. The van der Waals surface area contributed by atoms with Gasteiger partial charge < -0.3 is 0 Å². The average molecular weight is 419 g/mol. The fraction of sp³-hybridized carbons (Fsp3) is 0.130. The molecule has 0 spiro atoms. The van der Waals surface area contributed by atoms with E-state index in [2.05, 4.69) is 15.2 Å². The first-order chi connectivity index (χ1) is 14.2. The van der Waals surface area contributed by atoms with Gasteiger partial charge in [-0.1, -0.05) is 36.4 Å². The Kier molecular flexibility index (Phi) is 5.01. The highest BCUT2D eigenvalue weighted by Gasteiger charge is 2.16. The van der Waals surface area contributed by atoms with Gasteiger partial charge in [-0.25, -0.2) is 13.6 Å². The lowest BCUT2D eigenvalue weighted by Gasteiger charge is -2.09. The first kappa shape index (κ1) is 20.0. The van der Waals surface area contributed by atoms with Gasteiger partial charge in [0.2, 0.25) is 10.0 Å². The van der Waals surface area contributed by atoms with Crippen LogP contribution in [0.25, 0.3) is 33.5 Å². The van der Waals surface area contributed by atoms with Crippen molar-refractivity contribution >= 4 is 10.0 Å². The van der Waals surface area contributed by atoms with Crippen molar-refractivity contribution in [1.82, 2.24) is 15.2 Å². The number of hydrogen-bond donors (Lipinski definition) is 2. The maximum absolute atomic E-state index is 11.6. The molecule has 0 fully saturated rings. The number of primary sulfonamides is 1. The Morgan fingerprint density at radius 2 is 1.43 bits per heavy atom. The maximum Gasteiger partial charge on any atom is 0.238 e. The van der Waals surface area contributed by atoms with Crippen molar-refractivity contribution in [1.29, 1.82) is 0 Å². The minimum Gasteiger partial charge on any atom is -0.282 e.